The summed E-state index contributed by atoms with van der Waals surface area (Å²) in [5, 5.41) is 7.55. The topological polar surface area (TPSA) is 30.7 Å². The van der Waals surface area contributed by atoms with Gasteiger partial charge in [-0.1, -0.05) is 12.1 Å². The van der Waals surface area contributed by atoms with Gasteiger partial charge in [0.1, 0.15) is 11.0 Å². The molecule has 0 saturated heterocycles. The molecule has 0 bridgehead atoms. The van der Waals surface area contributed by atoms with Crippen molar-refractivity contribution in [2.24, 2.45) is 0 Å². The van der Waals surface area contributed by atoms with Gasteiger partial charge in [-0.3, -0.25) is 0 Å². The van der Waals surface area contributed by atoms with Crippen LogP contribution in [0.3, 0.4) is 0 Å². The fourth-order valence-electron chi connectivity index (χ4n) is 1.10. The highest BCUT2D eigenvalue weighted by atomic mass is 35.5. The van der Waals surface area contributed by atoms with Gasteiger partial charge >= 0.3 is 0 Å². The van der Waals surface area contributed by atoms with Crippen molar-refractivity contribution < 1.29 is 0 Å². The van der Waals surface area contributed by atoms with Crippen LogP contribution in [0.1, 0.15) is 5.56 Å². The summed E-state index contributed by atoms with van der Waals surface area (Å²) in [6.07, 6.45) is 0. The summed E-state index contributed by atoms with van der Waals surface area (Å²) >= 11 is 5.72. The van der Waals surface area contributed by atoms with Gasteiger partial charge in [0.15, 0.2) is 0 Å². The van der Waals surface area contributed by atoms with Crippen LogP contribution in [-0.2, 0) is 0 Å². The number of para-hydroxylation sites is 1. The lowest BCUT2D eigenvalue weighted by molar-refractivity contribution is 0.898. The Kier molecular flexibility index (Phi) is 1.32. The Hall–Kier alpha value is -1.09. The average molecular weight is 168 g/mol. The molecule has 0 aliphatic carbocycles. The molecular formula is C7H6ClN3. The Labute approximate surface area is 68.7 Å². The van der Waals surface area contributed by atoms with Crippen molar-refractivity contribution in [2.45, 2.75) is 6.92 Å². The summed E-state index contributed by atoms with van der Waals surface area (Å²) in [4.78, 5) is 0. The van der Waals surface area contributed by atoms with Crippen LogP contribution < -0.4 is 0 Å². The maximum atomic E-state index is 5.72. The molecule has 4 heteroatoms. The van der Waals surface area contributed by atoms with Crippen molar-refractivity contribution >= 4 is 22.8 Å². The third-order valence-corrected chi connectivity index (χ3v) is 1.87. The molecule has 1 heterocycles. The van der Waals surface area contributed by atoms with Gasteiger partial charge in [0.2, 0.25) is 0 Å². The second-order valence-corrected chi connectivity index (χ2v) is 2.71. The molecule has 0 N–H and O–H groups in total. The van der Waals surface area contributed by atoms with E-state index in [0.717, 1.165) is 16.6 Å². The molecule has 11 heavy (non-hydrogen) atoms. The van der Waals surface area contributed by atoms with Crippen LogP contribution in [0.5, 0.6) is 0 Å². The number of benzene rings is 1. The zero-order chi connectivity index (χ0) is 7.84. The summed E-state index contributed by atoms with van der Waals surface area (Å²) in [5.74, 6) is 0. The van der Waals surface area contributed by atoms with Gasteiger partial charge in [-0.05, 0) is 23.8 Å². The molecular weight excluding hydrogens is 162 g/mol. The van der Waals surface area contributed by atoms with Crippen molar-refractivity contribution in [2.75, 3.05) is 0 Å². The van der Waals surface area contributed by atoms with E-state index in [1.807, 2.05) is 25.1 Å². The molecule has 3 nitrogen and oxygen atoms in total. The Morgan fingerprint density at radius 2 is 2.27 bits per heavy atom. The molecule has 1 aromatic carbocycles. The number of hydrogen-bond acceptors (Lipinski definition) is 2. The molecule has 1 aromatic heterocycles. The Morgan fingerprint density at radius 3 is 3.00 bits per heavy atom. The van der Waals surface area contributed by atoms with Gasteiger partial charge in [0.05, 0.1) is 0 Å². The van der Waals surface area contributed by atoms with Gasteiger partial charge < -0.3 is 0 Å². The lowest BCUT2D eigenvalue weighted by Gasteiger charge is -1.92. The summed E-state index contributed by atoms with van der Waals surface area (Å²) < 4.78 is 1.27. The van der Waals surface area contributed by atoms with Crippen LogP contribution in [0.25, 0.3) is 11.0 Å². The second-order valence-electron chi connectivity index (χ2n) is 2.39. The number of hydrogen-bond donors (Lipinski definition) is 0. The minimum absolute atomic E-state index is 0.833. The van der Waals surface area contributed by atoms with Crippen molar-refractivity contribution in [1.29, 1.82) is 0 Å². The first-order valence-electron chi connectivity index (χ1n) is 3.26. The molecule has 0 aliphatic heterocycles. The molecule has 0 unspecified atom stereocenters. The van der Waals surface area contributed by atoms with Crippen LogP contribution >= 0.6 is 11.8 Å². The molecule has 2 aromatic rings. The quantitative estimate of drug-likeness (QED) is 0.599. The van der Waals surface area contributed by atoms with Gasteiger partial charge in [-0.15, -0.1) is 5.10 Å². The lowest BCUT2D eigenvalue weighted by Crippen LogP contribution is -1.83. The summed E-state index contributed by atoms with van der Waals surface area (Å²) in [7, 11) is 0. The maximum absolute atomic E-state index is 5.72. The SMILES string of the molecule is Cc1cccc2nnn(Cl)c12. The second kappa shape index (κ2) is 2.20. The van der Waals surface area contributed by atoms with Crippen LogP contribution in [0, 0.1) is 6.92 Å². The molecule has 0 spiro atoms. The third-order valence-electron chi connectivity index (χ3n) is 1.63. The molecule has 0 atom stereocenters. The number of nitrogens with zero attached hydrogens (tertiary/aromatic N) is 3. The number of rotatable bonds is 0. The lowest BCUT2D eigenvalue weighted by atomic mass is 10.2. The minimum atomic E-state index is 0.833. The summed E-state index contributed by atoms with van der Waals surface area (Å²) in [6, 6.07) is 5.79. The first-order valence-corrected chi connectivity index (χ1v) is 3.60. The van der Waals surface area contributed by atoms with Crippen LogP contribution in [0.2, 0.25) is 0 Å². The summed E-state index contributed by atoms with van der Waals surface area (Å²) in [6.45, 7) is 1.98. The van der Waals surface area contributed by atoms with Crippen molar-refractivity contribution in [1.82, 2.24) is 14.5 Å². The van der Waals surface area contributed by atoms with E-state index in [4.69, 9.17) is 11.8 Å². The number of fused-ring (bicyclic) bond motifs is 1. The molecule has 0 amide bonds. The maximum Gasteiger partial charge on any atom is 0.115 e. The van der Waals surface area contributed by atoms with E-state index in [1.165, 1.54) is 4.20 Å². The van der Waals surface area contributed by atoms with Crippen LogP contribution in [0.15, 0.2) is 18.2 Å². The molecule has 0 saturated carbocycles. The fourth-order valence-corrected chi connectivity index (χ4v) is 1.35. The summed E-state index contributed by atoms with van der Waals surface area (Å²) in [5.41, 5.74) is 2.80. The molecule has 0 radical (unpaired) electrons. The first-order chi connectivity index (χ1) is 5.29. The largest absolute Gasteiger partial charge is 0.151 e. The van der Waals surface area contributed by atoms with Gasteiger partial charge in [0.25, 0.3) is 0 Å². The smallest absolute Gasteiger partial charge is 0.115 e. The normalized spacial score (nSPS) is 10.7. The highest BCUT2D eigenvalue weighted by Gasteiger charge is 2.03. The predicted octanol–water partition coefficient (Wildman–Crippen LogP) is 1.74. The van der Waals surface area contributed by atoms with E-state index in [1.54, 1.807) is 0 Å². The molecule has 2 rings (SSSR count). The standard InChI is InChI=1S/C7H6ClN3/c1-5-3-2-4-6-7(5)11(8)10-9-6/h2-4H,1H3. The van der Waals surface area contributed by atoms with Crippen molar-refractivity contribution in [3.05, 3.63) is 23.8 Å². The predicted molar refractivity (Wildman–Crippen MR) is 43.5 cm³/mol. The van der Waals surface area contributed by atoms with Gasteiger partial charge in [0, 0.05) is 11.8 Å². The van der Waals surface area contributed by atoms with E-state index in [0.29, 0.717) is 0 Å². The number of aryl methyl sites for hydroxylation is 1. The molecule has 0 aliphatic rings. The van der Waals surface area contributed by atoms with E-state index in [2.05, 4.69) is 10.3 Å². The third kappa shape index (κ3) is 0.886. The van der Waals surface area contributed by atoms with Crippen molar-refractivity contribution in [3.8, 4) is 0 Å². The van der Waals surface area contributed by atoms with Gasteiger partial charge in [-0.2, -0.15) is 4.20 Å². The zero-order valence-corrected chi connectivity index (χ0v) is 6.71. The van der Waals surface area contributed by atoms with E-state index < -0.39 is 0 Å². The fraction of sp³-hybridized carbons (Fsp3) is 0.143. The van der Waals surface area contributed by atoms with Crippen molar-refractivity contribution in [3.63, 3.8) is 0 Å². The van der Waals surface area contributed by atoms with Gasteiger partial charge in [-0.25, -0.2) is 0 Å². The Bertz CT molecular complexity index is 393. The Morgan fingerprint density at radius 1 is 1.45 bits per heavy atom. The van der Waals surface area contributed by atoms with E-state index in [9.17, 15) is 0 Å². The minimum Gasteiger partial charge on any atom is -0.151 e. The highest BCUT2D eigenvalue weighted by Crippen LogP contribution is 2.15. The van der Waals surface area contributed by atoms with Crippen LogP contribution in [-0.4, -0.2) is 14.5 Å². The molecule has 56 valence electrons. The molecule has 0 fully saturated rings. The Balaban J connectivity index is 2.96. The number of halogens is 1. The number of aromatic nitrogens is 3. The van der Waals surface area contributed by atoms with E-state index in [-0.39, 0.29) is 0 Å². The zero-order valence-electron chi connectivity index (χ0n) is 5.95. The van der Waals surface area contributed by atoms with Crippen LogP contribution in [0.4, 0.5) is 0 Å². The highest BCUT2D eigenvalue weighted by molar-refractivity contribution is 6.18. The van der Waals surface area contributed by atoms with E-state index >= 15 is 0 Å². The monoisotopic (exact) mass is 167 g/mol. The first kappa shape index (κ1) is 6.61. The average Bonchev–Trinajstić information content (AvgIpc) is 2.34.